The number of benzene rings is 1. The Bertz CT molecular complexity index is 777. The van der Waals surface area contributed by atoms with E-state index in [9.17, 15) is 0 Å². The maximum Gasteiger partial charge on any atom is 0.215 e. The van der Waals surface area contributed by atoms with Crippen LogP contribution in [0.1, 0.15) is 5.56 Å². The van der Waals surface area contributed by atoms with E-state index in [2.05, 4.69) is 9.97 Å². The lowest BCUT2D eigenvalue weighted by Gasteiger charge is -2.11. The predicted molar refractivity (Wildman–Crippen MR) is 79.6 cm³/mol. The molecule has 0 aliphatic heterocycles. The molecule has 0 saturated carbocycles. The van der Waals surface area contributed by atoms with E-state index in [-0.39, 0.29) is 0 Å². The molecular formula is C14H13ClN4O. The number of nitrogens with zero attached hydrogens (tertiary/aromatic N) is 3. The molecular weight excluding hydrogens is 276 g/mol. The highest BCUT2D eigenvalue weighted by molar-refractivity contribution is 6.32. The number of hydrogen-bond acceptors (Lipinski definition) is 4. The summed E-state index contributed by atoms with van der Waals surface area (Å²) in [5, 5.41) is 0.598. The summed E-state index contributed by atoms with van der Waals surface area (Å²) >= 11 is 6.30. The normalized spacial score (nSPS) is 10.9. The number of rotatable bonds is 2. The highest BCUT2D eigenvalue weighted by Crippen LogP contribution is 2.30. The van der Waals surface area contributed by atoms with Gasteiger partial charge in [0.05, 0.1) is 17.8 Å². The molecule has 102 valence electrons. The first kappa shape index (κ1) is 12.7. The van der Waals surface area contributed by atoms with Gasteiger partial charge in [0.1, 0.15) is 5.52 Å². The summed E-state index contributed by atoms with van der Waals surface area (Å²) in [6, 6.07) is 9.24. The van der Waals surface area contributed by atoms with Crippen molar-refractivity contribution in [2.45, 2.75) is 6.92 Å². The molecule has 0 unspecified atom stereocenters. The molecule has 6 heteroatoms. The Morgan fingerprint density at radius 1 is 1.20 bits per heavy atom. The monoisotopic (exact) mass is 288 g/mol. The standard InChI is InChI=1S/C14H13ClN4O/c1-8-4-3-5-9(15)12(8)19-13-10(17-14(19)16)6-7-11(18-13)20-2/h3-7H,1-2H3,(H2,16,17). The second-order valence-electron chi connectivity index (χ2n) is 4.41. The number of nitrogens with two attached hydrogens (primary N) is 1. The van der Waals surface area contributed by atoms with E-state index >= 15 is 0 Å². The zero-order valence-corrected chi connectivity index (χ0v) is 11.8. The molecule has 1 aromatic carbocycles. The van der Waals surface area contributed by atoms with Crippen molar-refractivity contribution in [2.75, 3.05) is 12.8 Å². The number of pyridine rings is 1. The molecule has 0 bridgehead atoms. The van der Waals surface area contributed by atoms with E-state index in [0.29, 0.717) is 28.0 Å². The van der Waals surface area contributed by atoms with Gasteiger partial charge in [-0.2, -0.15) is 4.98 Å². The molecule has 0 atom stereocenters. The van der Waals surface area contributed by atoms with Crippen LogP contribution in [0.2, 0.25) is 5.02 Å². The van der Waals surface area contributed by atoms with Crippen LogP contribution < -0.4 is 10.5 Å². The van der Waals surface area contributed by atoms with Crippen LogP contribution in [0.15, 0.2) is 30.3 Å². The Morgan fingerprint density at radius 3 is 2.70 bits per heavy atom. The Balaban J connectivity index is 2.38. The molecule has 0 aliphatic carbocycles. The molecule has 3 rings (SSSR count). The number of nitrogen functional groups attached to an aromatic ring is 1. The molecule has 0 fully saturated rings. The Kier molecular flexibility index (Phi) is 2.99. The molecule has 2 aromatic heterocycles. The van der Waals surface area contributed by atoms with Gasteiger partial charge in [0.25, 0.3) is 0 Å². The number of imidazole rings is 1. The van der Waals surface area contributed by atoms with E-state index in [1.165, 1.54) is 0 Å². The number of halogens is 1. The van der Waals surface area contributed by atoms with Gasteiger partial charge in [-0.3, -0.25) is 4.57 Å². The fourth-order valence-corrected chi connectivity index (χ4v) is 2.50. The van der Waals surface area contributed by atoms with Gasteiger partial charge >= 0.3 is 0 Å². The lowest BCUT2D eigenvalue weighted by Crippen LogP contribution is -2.04. The third kappa shape index (κ3) is 1.87. The predicted octanol–water partition coefficient (Wildman–Crippen LogP) is 2.97. The maximum atomic E-state index is 6.30. The lowest BCUT2D eigenvalue weighted by molar-refractivity contribution is 0.399. The molecule has 5 nitrogen and oxygen atoms in total. The fraction of sp³-hybridized carbons (Fsp3) is 0.143. The average Bonchev–Trinajstić information content (AvgIpc) is 2.74. The van der Waals surface area contributed by atoms with Crippen molar-refractivity contribution in [1.29, 1.82) is 0 Å². The summed E-state index contributed by atoms with van der Waals surface area (Å²) in [5.74, 6) is 0.848. The van der Waals surface area contributed by atoms with E-state index in [1.54, 1.807) is 17.7 Å². The van der Waals surface area contributed by atoms with Gasteiger partial charge in [0.15, 0.2) is 5.65 Å². The maximum absolute atomic E-state index is 6.30. The Labute approximate surface area is 121 Å². The SMILES string of the molecule is COc1ccc2nc(N)n(-c3c(C)cccc3Cl)c2n1. The van der Waals surface area contributed by atoms with Gasteiger partial charge < -0.3 is 10.5 Å². The van der Waals surface area contributed by atoms with Gasteiger partial charge in [0, 0.05) is 6.07 Å². The fourth-order valence-electron chi connectivity index (χ4n) is 2.20. The summed E-state index contributed by atoms with van der Waals surface area (Å²) in [7, 11) is 1.57. The average molecular weight is 289 g/mol. The van der Waals surface area contributed by atoms with Crippen molar-refractivity contribution in [3.8, 4) is 11.6 Å². The second kappa shape index (κ2) is 4.68. The first-order valence-electron chi connectivity index (χ1n) is 6.06. The van der Waals surface area contributed by atoms with Crippen molar-refractivity contribution < 1.29 is 4.74 Å². The molecule has 0 aliphatic rings. The van der Waals surface area contributed by atoms with Gasteiger partial charge in [0.2, 0.25) is 11.8 Å². The number of methoxy groups -OCH3 is 1. The van der Waals surface area contributed by atoms with Crippen molar-refractivity contribution in [3.05, 3.63) is 40.9 Å². The minimum absolute atomic E-state index is 0.344. The summed E-state index contributed by atoms with van der Waals surface area (Å²) in [6.07, 6.45) is 0. The van der Waals surface area contributed by atoms with E-state index in [0.717, 1.165) is 11.3 Å². The van der Waals surface area contributed by atoms with Gasteiger partial charge in [-0.1, -0.05) is 23.7 Å². The van der Waals surface area contributed by atoms with Crippen LogP contribution in [0.5, 0.6) is 5.88 Å². The van der Waals surface area contributed by atoms with Crippen LogP contribution in [0.4, 0.5) is 5.95 Å². The highest BCUT2D eigenvalue weighted by Gasteiger charge is 2.16. The van der Waals surface area contributed by atoms with E-state index in [4.69, 9.17) is 22.1 Å². The summed E-state index contributed by atoms with van der Waals surface area (Å²) in [6.45, 7) is 1.96. The number of anilines is 1. The first-order valence-corrected chi connectivity index (χ1v) is 6.44. The molecule has 2 N–H and O–H groups in total. The molecule has 2 heterocycles. The largest absolute Gasteiger partial charge is 0.481 e. The number of aromatic nitrogens is 3. The van der Waals surface area contributed by atoms with Gasteiger partial charge in [-0.25, -0.2) is 4.98 Å². The van der Waals surface area contributed by atoms with Crippen LogP contribution in [0, 0.1) is 6.92 Å². The molecule has 3 aromatic rings. The van der Waals surface area contributed by atoms with Crippen LogP contribution in [0.25, 0.3) is 16.9 Å². The number of ether oxygens (including phenoxy) is 1. The summed E-state index contributed by atoms with van der Waals surface area (Å²) < 4.78 is 6.90. The number of hydrogen-bond donors (Lipinski definition) is 1. The minimum Gasteiger partial charge on any atom is -0.481 e. The molecule has 0 radical (unpaired) electrons. The molecule has 0 spiro atoms. The van der Waals surface area contributed by atoms with Crippen LogP contribution >= 0.6 is 11.6 Å². The van der Waals surface area contributed by atoms with Crippen LogP contribution in [0.3, 0.4) is 0 Å². The van der Waals surface area contributed by atoms with Crippen molar-refractivity contribution in [3.63, 3.8) is 0 Å². The Morgan fingerprint density at radius 2 is 2.00 bits per heavy atom. The van der Waals surface area contributed by atoms with Crippen molar-refractivity contribution in [1.82, 2.24) is 14.5 Å². The van der Waals surface area contributed by atoms with Crippen molar-refractivity contribution >= 4 is 28.7 Å². The van der Waals surface area contributed by atoms with Gasteiger partial charge in [-0.05, 0) is 24.6 Å². The second-order valence-corrected chi connectivity index (χ2v) is 4.81. The topological polar surface area (TPSA) is 66.0 Å². The lowest BCUT2D eigenvalue weighted by atomic mass is 10.2. The number of para-hydroxylation sites is 1. The van der Waals surface area contributed by atoms with E-state index in [1.807, 2.05) is 31.2 Å². The first-order chi connectivity index (χ1) is 9.61. The highest BCUT2D eigenvalue weighted by atomic mass is 35.5. The van der Waals surface area contributed by atoms with E-state index < -0.39 is 0 Å². The molecule has 0 saturated heterocycles. The zero-order chi connectivity index (χ0) is 14.3. The third-order valence-electron chi connectivity index (χ3n) is 3.13. The Hall–Kier alpha value is -2.27. The smallest absolute Gasteiger partial charge is 0.215 e. The van der Waals surface area contributed by atoms with Crippen LogP contribution in [-0.4, -0.2) is 21.6 Å². The molecule has 0 amide bonds. The third-order valence-corrected chi connectivity index (χ3v) is 3.43. The van der Waals surface area contributed by atoms with Crippen LogP contribution in [-0.2, 0) is 0 Å². The number of fused-ring (bicyclic) bond motifs is 1. The molecule has 20 heavy (non-hydrogen) atoms. The van der Waals surface area contributed by atoms with Gasteiger partial charge in [-0.15, -0.1) is 0 Å². The summed E-state index contributed by atoms with van der Waals surface area (Å²) in [4.78, 5) is 8.72. The summed E-state index contributed by atoms with van der Waals surface area (Å²) in [5.41, 5.74) is 9.13. The number of aryl methyl sites for hydroxylation is 1. The zero-order valence-electron chi connectivity index (χ0n) is 11.1. The van der Waals surface area contributed by atoms with Crippen molar-refractivity contribution in [2.24, 2.45) is 0 Å². The minimum atomic E-state index is 0.344. The quantitative estimate of drug-likeness (QED) is 0.787.